The molecule has 0 unspecified atom stereocenters. The van der Waals surface area contributed by atoms with E-state index in [4.69, 9.17) is 15.4 Å². The molecule has 0 amide bonds. The number of fused-ring (bicyclic) bond motifs is 6. The molecule has 52 heavy (non-hydrogen) atoms. The highest BCUT2D eigenvalue weighted by Gasteiger charge is 2.26. The van der Waals surface area contributed by atoms with Gasteiger partial charge in [0.1, 0.15) is 0 Å². The summed E-state index contributed by atoms with van der Waals surface area (Å²) in [4.78, 5) is 12.1. The Morgan fingerprint density at radius 2 is 1.27 bits per heavy atom. The second-order valence-corrected chi connectivity index (χ2v) is 14.1. The van der Waals surface area contributed by atoms with Crippen molar-refractivity contribution in [3.63, 3.8) is 0 Å². The largest absolute Gasteiger partial charge is 0.309 e. The van der Waals surface area contributed by atoms with Gasteiger partial charge >= 0.3 is 0 Å². The van der Waals surface area contributed by atoms with E-state index in [0.29, 0.717) is 5.84 Å². The molecular weight excluding hydrogens is 653 g/mol. The Morgan fingerprint density at radius 3 is 2.12 bits per heavy atom. The first kappa shape index (κ1) is 30.2. The van der Waals surface area contributed by atoms with Gasteiger partial charge in [0.25, 0.3) is 0 Å². The second-order valence-electron chi connectivity index (χ2n) is 13.0. The molecule has 0 bridgehead atoms. The molecule has 0 aliphatic carbocycles. The lowest BCUT2D eigenvalue weighted by Crippen LogP contribution is -2.15. The summed E-state index contributed by atoms with van der Waals surface area (Å²) >= 11 is 1.70. The summed E-state index contributed by atoms with van der Waals surface area (Å²) in [5.74, 6) is 0.683. The van der Waals surface area contributed by atoms with Crippen molar-refractivity contribution >= 4 is 88.0 Å². The SMILES string of the molecule is N=C(N=C(N=Cc1ccc(N2c3cc4ccccc4cc3-c3cccc4cccc2c34)cc1)c1ccccc1)c1cccc2c1sc1ccccc12. The number of amidine groups is 2. The van der Waals surface area contributed by atoms with Crippen LogP contribution in [0.1, 0.15) is 16.7 Å². The Labute approximate surface area is 304 Å². The number of nitrogens with zero attached hydrogens (tertiary/aromatic N) is 3. The van der Waals surface area contributed by atoms with E-state index in [9.17, 15) is 0 Å². The Bertz CT molecular complexity index is 2920. The molecule has 0 radical (unpaired) electrons. The van der Waals surface area contributed by atoms with Crippen molar-refractivity contribution in [2.45, 2.75) is 0 Å². The maximum atomic E-state index is 9.14. The molecule has 8 aromatic carbocycles. The Hall–Kier alpha value is -6.69. The maximum absolute atomic E-state index is 9.14. The molecule has 0 saturated carbocycles. The number of aliphatic imine (C=N–C) groups is 2. The molecule has 0 saturated heterocycles. The summed E-state index contributed by atoms with van der Waals surface area (Å²) in [6, 6.07) is 59.3. The minimum Gasteiger partial charge on any atom is -0.309 e. The predicted octanol–water partition coefficient (Wildman–Crippen LogP) is 12.7. The molecule has 2 heterocycles. The normalized spacial score (nSPS) is 12.7. The van der Waals surface area contributed by atoms with E-state index in [-0.39, 0.29) is 5.84 Å². The van der Waals surface area contributed by atoms with Crippen LogP contribution in [0, 0.1) is 5.41 Å². The van der Waals surface area contributed by atoms with Crippen molar-refractivity contribution in [2.75, 3.05) is 4.90 Å². The fraction of sp³-hybridized carbons (Fsp3) is 0. The van der Waals surface area contributed by atoms with E-state index >= 15 is 0 Å². The first-order chi connectivity index (χ1) is 25.7. The molecule has 9 aromatic rings. The van der Waals surface area contributed by atoms with Gasteiger partial charge in [0, 0.05) is 54.2 Å². The van der Waals surface area contributed by atoms with Gasteiger partial charge in [-0.15, -0.1) is 11.3 Å². The molecule has 244 valence electrons. The molecule has 5 heteroatoms. The monoisotopic (exact) mass is 682 g/mol. The van der Waals surface area contributed by atoms with Gasteiger partial charge in [0.05, 0.1) is 11.4 Å². The molecule has 4 nitrogen and oxygen atoms in total. The van der Waals surface area contributed by atoms with Gasteiger partial charge < -0.3 is 4.90 Å². The fourth-order valence-electron chi connectivity index (χ4n) is 7.47. The van der Waals surface area contributed by atoms with Crippen LogP contribution in [0.2, 0.25) is 0 Å². The van der Waals surface area contributed by atoms with E-state index in [1.54, 1.807) is 11.3 Å². The molecular formula is C47H30N4S. The van der Waals surface area contributed by atoms with Crippen LogP contribution in [-0.2, 0) is 0 Å². The van der Waals surface area contributed by atoms with Gasteiger partial charge in [-0.1, -0.05) is 127 Å². The van der Waals surface area contributed by atoms with Crippen LogP contribution in [0.3, 0.4) is 0 Å². The molecule has 0 fully saturated rings. The Morgan fingerprint density at radius 1 is 0.577 bits per heavy atom. The number of nitrogens with one attached hydrogen (secondary N) is 1. The van der Waals surface area contributed by atoms with Gasteiger partial charge in [-0.3, -0.25) is 5.41 Å². The molecule has 1 aromatic heterocycles. The summed E-state index contributed by atoms with van der Waals surface area (Å²) in [6.45, 7) is 0. The van der Waals surface area contributed by atoms with Crippen molar-refractivity contribution in [3.8, 4) is 11.1 Å². The van der Waals surface area contributed by atoms with Gasteiger partial charge in [-0.2, -0.15) is 0 Å². The molecule has 1 aliphatic rings. The number of thiophene rings is 1. The summed E-state index contributed by atoms with van der Waals surface area (Å²) in [7, 11) is 0. The van der Waals surface area contributed by atoms with E-state index in [1.165, 1.54) is 48.4 Å². The molecule has 10 rings (SSSR count). The van der Waals surface area contributed by atoms with E-state index in [2.05, 4.69) is 132 Å². The van der Waals surface area contributed by atoms with Gasteiger partial charge in [-0.25, -0.2) is 9.98 Å². The topological polar surface area (TPSA) is 51.8 Å². The molecule has 1 aliphatic heterocycles. The first-order valence-electron chi connectivity index (χ1n) is 17.3. The van der Waals surface area contributed by atoms with Gasteiger partial charge in [0.15, 0.2) is 11.7 Å². The quantitative estimate of drug-likeness (QED) is 0.146. The third-order valence-corrected chi connectivity index (χ3v) is 11.1. The second kappa shape index (κ2) is 12.3. The van der Waals surface area contributed by atoms with Crippen molar-refractivity contribution < 1.29 is 0 Å². The van der Waals surface area contributed by atoms with Crippen molar-refractivity contribution in [3.05, 3.63) is 187 Å². The summed E-state index contributed by atoms with van der Waals surface area (Å²) in [5, 5.41) is 16.4. The average molecular weight is 683 g/mol. The van der Waals surface area contributed by atoms with Crippen molar-refractivity contribution in [1.29, 1.82) is 5.41 Å². The van der Waals surface area contributed by atoms with E-state index in [1.807, 2.05) is 48.7 Å². The lowest BCUT2D eigenvalue weighted by atomic mass is 9.89. The molecule has 0 spiro atoms. The van der Waals surface area contributed by atoms with Gasteiger partial charge in [-0.05, 0) is 69.8 Å². The highest BCUT2D eigenvalue weighted by atomic mass is 32.1. The summed E-state index contributed by atoms with van der Waals surface area (Å²) in [6.07, 6.45) is 1.84. The van der Waals surface area contributed by atoms with E-state index < -0.39 is 0 Å². The highest BCUT2D eigenvalue weighted by molar-refractivity contribution is 7.26. The van der Waals surface area contributed by atoms with E-state index in [0.717, 1.165) is 38.2 Å². The third kappa shape index (κ3) is 5.02. The minimum atomic E-state index is 0.189. The number of anilines is 3. The summed E-state index contributed by atoms with van der Waals surface area (Å²) < 4.78 is 2.27. The molecule has 0 atom stereocenters. The number of rotatable bonds is 4. The number of hydrogen-bond donors (Lipinski definition) is 1. The zero-order chi connectivity index (χ0) is 34.6. The Balaban J connectivity index is 1.03. The number of hydrogen-bond acceptors (Lipinski definition) is 3. The van der Waals surface area contributed by atoms with Crippen LogP contribution >= 0.6 is 11.3 Å². The summed E-state index contributed by atoms with van der Waals surface area (Å²) in [5.41, 5.74) is 8.50. The smallest absolute Gasteiger partial charge is 0.161 e. The maximum Gasteiger partial charge on any atom is 0.161 e. The van der Waals surface area contributed by atoms with Gasteiger partial charge in [0.2, 0.25) is 0 Å². The van der Waals surface area contributed by atoms with Crippen LogP contribution in [-0.4, -0.2) is 17.9 Å². The lowest BCUT2D eigenvalue weighted by Gasteiger charge is -2.34. The van der Waals surface area contributed by atoms with Crippen LogP contribution < -0.4 is 4.90 Å². The van der Waals surface area contributed by atoms with Crippen LogP contribution in [0.5, 0.6) is 0 Å². The van der Waals surface area contributed by atoms with Crippen LogP contribution in [0.25, 0.3) is 52.8 Å². The van der Waals surface area contributed by atoms with Crippen molar-refractivity contribution in [1.82, 2.24) is 0 Å². The predicted molar refractivity (Wildman–Crippen MR) is 222 cm³/mol. The lowest BCUT2D eigenvalue weighted by molar-refractivity contribution is 1.29. The third-order valence-electron chi connectivity index (χ3n) is 9.91. The zero-order valence-electron chi connectivity index (χ0n) is 28.0. The first-order valence-corrected chi connectivity index (χ1v) is 18.1. The standard InChI is InChI=1S/C47H30N4S/c48-46(39-20-10-19-38-36-17-6-7-22-43(36)52-45(38)39)50-47(32-11-2-1-3-12-32)49-29-30-23-25-35(26-24-30)51-41-21-9-16-31-15-8-18-37(44(31)41)40-27-33-13-4-5-14-34(33)28-42(40)51/h1-29,48H. The fourth-order valence-corrected chi connectivity index (χ4v) is 8.69. The minimum absolute atomic E-state index is 0.189. The molecule has 1 N–H and O–H groups in total. The van der Waals surface area contributed by atoms with Crippen LogP contribution in [0.4, 0.5) is 17.1 Å². The average Bonchev–Trinajstić information content (AvgIpc) is 3.59. The number of benzene rings is 8. The van der Waals surface area contributed by atoms with Crippen molar-refractivity contribution in [2.24, 2.45) is 9.98 Å². The van der Waals surface area contributed by atoms with Crippen LogP contribution in [0.15, 0.2) is 180 Å². The Kier molecular flexibility index (Phi) is 7.12. The zero-order valence-corrected chi connectivity index (χ0v) is 28.8. The highest BCUT2D eigenvalue weighted by Crippen LogP contribution is 2.51.